The van der Waals surface area contributed by atoms with Crippen LogP contribution < -0.4 is 0 Å². The molecule has 2 aromatic rings. The number of nitrogens with zero attached hydrogens (tertiary/aromatic N) is 1. The molecule has 0 fully saturated rings. The summed E-state index contributed by atoms with van der Waals surface area (Å²) < 4.78 is 29.7. The Kier molecular flexibility index (Phi) is 5.50. The van der Waals surface area contributed by atoms with Crippen LogP contribution in [0.4, 0.5) is 0 Å². The van der Waals surface area contributed by atoms with E-state index in [9.17, 15) is 8.42 Å². The van der Waals surface area contributed by atoms with Gasteiger partial charge in [0.05, 0.1) is 4.90 Å². The van der Waals surface area contributed by atoms with Gasteiger partial charge in [0.2, 0.25) is 10.0 Å². The average molecular weight is 422 g/mol. The highest BCUT2D eigenvalue weighted by Gasteiger charge is 2.41. The van der Waals surface area contributed by atoms with Crippen LogP contribution in [-0.4, -0.2) is 25.3 Å². The highest BCUT2D eigenvalue weighted by atomic mass is 32.2. The minimum Gasteiger partial charge on any atom is -0.207 e. The van der Waals surface area contributed by atoms with E-state index < -0.39 is 10.0 Å². The fourth-order valence-electron chi connectivity index (χ4n) is 4.94. The Balaban J connectivity index is 1.83. The van der Waals surface area contributed by atoms with Crippen molar-refractivity contribution in [2.45, 2.75) is 58.4 Å². The molecule has 0 unspecified atom stereocenters. The van der Waals surface area contributed by atoms with Crippen molar-refractivity contribution in [3.63, 3.8) is 0 Å². The number of fused-ring (bicyclic) bond motifs is 1. The van der Waals surface area contributed by atoms with Crippen LogP contribution in [0.1, 0.15) is 48.9 Å². The summed E-state index contributed by atoms with van der Waals surface area (Å²) in [5.74, 6) is 0.265. The summed E-state index contributed by atoms with van der Waals surface area (Å²) in [5.41, 5.74) is 7.74. The van der Waals surface area contributed by atoms with Crippen LogP contribution in [0.2, 0.25) is 0 Å². The maximum absolute atomic E-state index is 14.0. The summed E-state index contributed by atoms with van der Waals surface area (Å²) in [7, 11) is -3.62. The van der Waals surface area contributed by atoms with Gasteiger partial charge in [0.25, 0.3) is 0 Å². The second kappa shape index (κ2) is 7.82. The minimum absolute atomic E-state index is 0.101. The Morgan fingerprint density at radius 3 is 2.27 bits per heavy atom. The van der Waals surface area contributed by atoms with E-state index in [2.05, 4.69) is 32.1 Å². The lowest BCUT2D eigenvalue weighted by atomic mass is 9.75. The maximum Gasteiger partial charge on any atom is 0.244 e. The third kappa shape index (κ3) is 3.46. The van der Waals surface area contributed by atoms with Gasteiger partial charge in [-0.25, -0.2) is 8.42 Å². The summed E-state index contributed by atoms with van der Waals surface area (Å²) >= 11 is 0. The largest absolute Gasteiger partial charge is 0.244 e. The lowest BCUT2D eigenvalue weighted by molar-refractivity contribution is 0.290. The summed E-state index contributed by atoms with van der Waals surface area (Å²) in [6.45, 7) is 10.6. The predicted molar refractivity (Wildman–Crippen MR) is 124 cm³/mol. The van der Waals surface area contributed by atoms with Crippen molar-refractivity contribution in [1.82, 2.24) is 4.31 Å². The molecule has 2 atom stereocenters. The number of sulfonamides is 1. The van der Waals surface area contributed by atoms with Gasteiger partial charge in [-0.1, -0.05) is 74.4 Å². The smallest absolute Gasteiger partial charge is 0.207 e. The normalized spacial score (nSPS) is 20.4. The molecule has 30 heavy (non-hydrogen) atoms. The molecular formula is C26H31NO2S. The van der Waals surface area contributed by atoms with Gasteiger partial charge in [-0.15, -0.1) is 0 Å². The van der Waals surface area contributed by atoms with E-state index in [0.29, 0.717) is 11.4 Å². The van der Waals surface area contributed by atoms with E-state index >= 15 is 0 Å². The molecule has 2 aliphatic rings. The average Bonchev–Trinajstić information content (AvgIpc) is 2.67. The van der Waals surface area contributed by atoms with Crippen molar-refractivity contribution in [3.05, 3.63) is 81.9 Å². The Hall–Kier alpha value is -2.17. The zero-order valence-electron chi connectivity index (χ0n) is 18.6. The summed E-state index contributed by atoms with van der Waals surface area (Å²) in [6.07, 6.45) is 4.09. The van der Waals surface area contributed by atoms with Crippen molar-refractivity contribution < 1.29 is 8.42 Å². The second-order valence-corrected chi connectivity index (χ2v) is 10.7. The molecule has 158 valence electrons. The van der Waals surface area contributed by atoms with E-state index in [1.807, 2.05) is 51.1 Å². The first kappa shape index (κ1) is 21.1. The SMILES string of the molecule is CC[C@H](C)[C@H]1C=C2CC(c3ccccc3)=C2CN1S(=O)(=O)c1c(C)cc(C)cc1C. The highest BCUT2D eigenvalue weighted by Crippen LogP contribution is 2.46. The number of rotatable bonds is 5. The van der Waals surface area contributed by atoms with Crippen LogP contribution in [0, 0.1) is 26.7 Å². The number of aryl methyl sites for hydroxylation is 3. The van der Waals surface area contributed by atoms with Gasteiger partial charge in [0, 0.05) is 12.6 Å². The van der Waals surface area contributed by atoms with Crippen molar-refractivity contribution >= 4 is 15.6 Å². The monoisotopic (exact) mass is 421 g/mol. The zero-order valence-corrected chi connectivity index (χ0v) is 19.4. The van der Waals surface area contributed by atoms with Crippen LogP contribution in [-0.2, 0) is 10.0 Å². The molecule has 1 aliphatic heterocycles. The predicted octanol–water partition coefficient (Wildman–Crippen LogP) is 5.81. The lowest BCUT2D eigenvalue weighted by Crippen LogP contribution is -2.48. The zero-order chi connectivity index (χ0) is 21.6. The Morgan fingerprint density at radius 1 is 1.03 bits per heavy atom. The molecule has 0 N–H and O–H groups in total. The lowest BCUT2D eigenvalue weighted by Gasteiger charge is -2.43. The Labute approximate surface area is 181 Å². The first-order valence-electron chi connectivity index (χ1n) is 10.8. The van der Waals surface area contributed by atoms with E-state index in [1.165, 1.54) is 22.3 Å². The van der Waals surface area contributed by atoms with Gasteiger partial charge >= 0.3 is 0 Å². The molecule has 0 saturated heterocycles. The van der Waals surface area contributed by atoms with E-state index in [4.69, 9.17) is 0 Å². The first-order chi connectivity index (χ1) is 14.2. The fourth-order valence-corrected chi connectivity index (χ4v) is 6.99. The maximum atomic E-state index is 14.0. The summed E-state index contributed by atoms with van der Waals surface area (Å²) in [4.78, 5) is 0.472. The summed E-state index contributed by atoms with van der Waals surface area (Å²) in [6, 6.07) is 14.2. The van der Waals surface area contributed by atoms with Crippen LogP contribution in [0.3, 0.4) is 0 Å². The van der Waals surface area contributed by atoms with Crippen LogP contribution in [0.15, 0.2) is 64.6 Å². The molecule has 0 bridgehead atoms. The Bertz CT molecular complexity index is 1120. The number of hydrogen-bond acceptors (Lipinski definition) is 2. The van der Waals surface area contributed by atoms with Gasteiger partial charge in [-0.3, -0.25) is 0 Å². The molecule has 0 spiro atoms. The van der Waals surface area contributed by atoms with E-state index in [-0.39, 0.29) is 12.0 Å². The quantitative estimate of drug-likeness (QED) is 0.610. The molecule has 4 heteroatoms. The van der Waals surface area contributed by atoms with Crippen molar-refractivity contribution in [3.8, 4) is 0 Å². The molecular weight excluding hydrogens is 390 g/mol. The van der Waals surface area contributed by atoms with Gasteiger partial charge in [0.1, 0.15) is 0 Å². The molecule has 1 heterocycles. The molecule has 4 rings (SSSR count). The van der Waals surface area contributed by atoms with Gasteiger partial charge in [-0.2, -0.15) is 4.31 Å². The van der Waals surface area contributed by atoms with Crippen molar-refractivity contribution in [1.29, 1.82) is 0 Å². The third-order valence-corrected chi connectivity index (χ3v) is 8.81. The summed E-state index contributed by atoms with van der Waals surface area (Å²) in [5, 5.41) is 0. The molecule has 0 amide bonds. The number of benzene rings is 2. The number of hydrogen-bond donors (Lipinski definition) is 0. The molecule has 1 aliphatic carbocycles. The standard InChI is InChI=1S/C26H31NO2S/c1-6-18(3)25-15-22-14-23(21-10-8-7-9-11-21)24(22)16-27(25)30(28,29)26-19(4)12-17(2)13-20(26)5/h7-13,15,18,25H,6,14,16H2,1-5H3/t18-,25+/m0/s1. The van der Waals surface area contributed by atoms with Crippen molar-refractivity contribution in [2.75, 3.05) is 6.54 Å². The molecule has 3 nitrogen and oxygen atoms in total. The van der Waals surface area contributed by atoms with E-state index in [1.54, 1.807) is 4.31 Å². The minimum atomic E-state index is -3.62. The second-order valence-electron chi connectivity index (χ2n) is 8.85. The first-order valence-corrected chi connectivity index (χ1v) is 12.3. The van der Waals surface area contributed by atoms with Crippen LogP contribution in [0.25, 0.3) is 5.57 Å². The van der Waals surface area contributed by atoms with Gasteiger partial charge < -0.3 is 0 Å². The van der Waals surface area contributed by atoms with Gasteiger partial charge in [-0.05, 0) is 66.5 Å². The molecule has 0 saturated carbocycles. The fraction of sp³-hybridized carbons (Fsp3) is 0.385. The molecule has 0 radical (unpaired) electrons. The number of allylic oxidation sites excluding steroid dienone is 1. The van der Waals surface area contributed by atoms with Crippen LogP contribution >= 0.6 is 0 Å². The third-order valence-electron chi connectivity index (χ3n) is 6.66. The topological polar surface area (TPSA) is 37.4 Å². The van der Waals surface area contributed by atoms with E-state index in [0.717, 1.165) is 29.5 Å². The molecule has 2 aromatic carbocycles. The Morgan fingerprint density at radius 2 is 1.67 bits per heavy atom. The molecule has 0 aromatic heterocycles. The van der Waals surface area contributed by atoms with Crippen molar-refractivity contribution in [2.24, 2.45) is 5.92 Å². The highest BCUT2D eigenvalue weighted by molar-refractivity contribution is 7.89. The van der Waals surface area contributed by atoms with Crippen LogP contribution in [0.5, 0.6) is 0 Å². The van der Waals surface area contributed by atoms with Gasteiger partial charge in [0.15, 0.2) is 0 Å².